The lowest BCUT2D eigenvalue weighted by Gasteiger charge is -2.20. The molecule has 1 fully saturated rings. The Morgan fingerprint density at radius 1 is 1.17 bits per heavy atom. The first-order chi connectivity index (χ1) is 5.79. The molecule has 72 valence electrons. The Bertz CT molecular complexity index is 106. The van der Waals surface area contributed by atoms with Gasteiger partial charge in [0.15, 0.2) is 0 Å². The molecule has 1 unspecified atom stereocenters. The second-order valence-corrected chi connectivity index (χ2v) is 3.89. The molecule has 2 nitrogen and oxygen atoms in total. The maximum atomic E-state index is 9.13. The fourth-order valence-electron chi connectivity index (χ4n) is 1.73. The maximum absolute atomic E-state index is 9.13. The highest BCUT2D eigenvalue weighted by Crippen LogP contribution is 2.10. The lowest BCUT2D eigenvalue weighted by molar-refractivity contribution is 0.157. The summed E-state index contributed by atoms with van der Waals surface area (Å²) in [5.41, 5.74) is 0. The zero-order valence-electron chi connectivity index (χ0n) is 8.13. The summed E-state index contributed by atoms with van der Waals surface area (Å²) < 4.78 is 0. The van der Waals surface area contributed by atoms with E-state index in [-0.39, 0.29) is 6.10 Å². The van der Waals surface area contributed by atoms with Crippen molar-refractivity contribution in [3.05, 3.63) is 0 Å². The van der Waals surface area contributed by atoms with Crippen molar-refractivity contribution in [1.29, 1.82) is 0 Å². The molecule has 0 bridgehead atoms. The number of nitrogens with zero attached hydrogens (tertiary/aromatic N) is 1. The van der Waals surface area contributed by atoms with Gasteiger partial charge in [-0.15, -0.1) is 0 Å². The Kier molecular flexibility index (Phi) is 4.62. The first-order valence-corrected chi connectivity index (χ1v) is 5.19. The van der Waals surface area contributed by atoms with E-state index in [1.54, 1.807) is 0 Å². The highest BCUT2D eigenvalue weighted by atomic mass is 16.3. The Hall–Kier alpha value is -0.0800. The molecule has 0 radical (unpaired) electrons. The molecule has 1 aliphatic heterocycles. The van der Waals surface area contributed by atoms with E-state index >= 15 is 0 Å². The van der Waals surface area contributed by atoms with Crippen LogP contribution in [-0.2, 0) is 0 Å². The quantitative estimate of drug-likeness (QED) is 0.697. The number of likely N-dealkylation sites (tertiary alicyclic amines) is 1. The third-order valence-corrected chi connectivity index (χ3v) is 2.56. The van der Waals surface area contributed by atoms with Crippen LogP contribution in [0, 0.1) is 0 Å². The van der Waals surface area contributed by atoms with Gasteiger partial charge >= 0.3 is 0 Å². The number of hydrogen-bond acceptors (Lipinski definition) is 2. The molecular formula is C10H21NO. The van der Waals surface area contributed by atoms with Gasteiger partial charge in [-0.05, 0) is 39.3 Å². The fraction of sp³-hybridized carbons (Fsp3) is 1.00. The lowest BCUT2D eigenvalue weighted by Crippen LogP contribution is -2.27. The monoisotopic (exact) mass is 171 g/mol. The summed E-state index contributed by atoms with van der Waals surface area (Å²) in [6.45, 7) is 5.44. The molecule has 0 aromatic heterocycles. The molecule has 0 amide bonds. The third-order valence-electron chi connectivity index (χ3n) is 2.56. The first kappa shape index (κ1) is 10.0. The summed E-state index contributed by atoms with van der Waals surface area (Å²) in [6.07, 6.45) is 6.28. The Morgan fingerprint density at radius 2 is 1.75 bits per heavy atom. The van der Waals surface area contributed by atoms with Crippen LogP contribution in [0.3, 0.4) is 0 Å². The Balaban J connectivity index is 2.12. The lowest BCUT2D eigenvalue weighted by atomic mass is 10.2. The summed E-state index contributed by atoms with van der Waals surface area (Å²) >= 11 is 0. The van der Waals surface area contributed by atoms with Crippen molar-refractivity contribution in [3.63, 3.8) is 0 Å². The molecule has 1 heterocycles. The molecule has 1 rings (SSSR count). The predicted molar refractivity (Wildman–Crippen MR) is 51.2 cm³/mol. The van der Waals surface area contributed by atoms with Crippen molar-refractivity contribution in [2.45, 2.75) is 45.1 Å². The van der Waals surface area contributed by atoms with Gasteiger partial charge in [0.25, 0.3) is 0 Å². The second kappa shape index (κ2) is 5.55. The summed E-state index contributed by atoms with van der Waals surface area (Å²) in [6, 6.07) is 0. The molecule has 1 saturated heterocycles. The standard InChI is InChI=1S/C10H21NO/c1-10(12)6-9-11-7-4-2-3-5-8-11/h10,12H,2-9H2,1H3. The number of hydrogen-bond donors (Lipinski definition) is 1. The molecule has 1 N–H and O–H groups in total. The van der Waals surface area contributed by atoms with Crippen LogP contribution in [0.5, 0.6) is 0 Å². The molecule has 1 atom stereocenters. The number of rotatable bonds is 3. The predicted octanol–water partition coefficient (Wildman–Crippen LogP) is 1.63. The molecule has 0 aromatic rings. The average Bonchev–Trinajstić information content (AvgIpc) is 2.28. The van der Waals surface area contributed by atoms with Gasteiger partial charge in [0.2, 0.25) is 0 Å². The van der Waals surface area contributed by atoms with Gasteiger partial charge in [0.1, 0.15) is 0 Å². The molecule has 0 saturated carbocycles. The summed E-state index contributed by atoms with van der Waals surface area (Å²) in [4.78, 5) is 2.49. The number of aliphatic hydroxyl groups is 1. The molecule has 2 heteroatoms. The van der Waals surface area contributed by atoms with Crippen molar-refractivity contribution in [3.8, 4) is 0 Å². The summed E-state index contributed by atoms with van der Waals surface area (Å²) in [5.74, 6) is 0. The maximum Gasteiger partial charge on any atom is 0.0524 e. The average molecular weight is 171 g/mol. The van der Waals surface area contributed by atoms with Crippen molar-refractivity contribution in [2.75, 3.05) is 19.6 Å². The molecule has 0 aromatic carbocycles. The van der Waals surface area contributed by atoms with Crippen molar-refractivity contribution in [2.24, 2.45) is 0 Å². The van der Waals surface area contributed by atoms with Crippen LogP contribution in [0.15, 0.2) is 0 Å². The van der Waals surface area contributed by atoms with Crippen LogP contribution >= 0.6 is 0 Å². The van der Waals surface area contributed by atoms with Gasteiger partial charge in [0.05, 0.1) is 6.10 Å². The fourth-order valence-corrected chi connectivity index (χ4v) is 1.73. The normalized spacial score (nSPS) is 23.5. The minimum Gasteiger partial charge on any atom is -0.393 e. The van der Waals surface area contributed by atoms with E-state index in [0.29, 0.717) is 0 Å². The van der Waals surface area contributed by atoms with Gasteiger partial charge in [-0.3, -0.25) is 0 Å². The van der Waals surface area contributed by atoms with Gasteiger partial charge in [-0.2, -0.15) is 0 Å². The topological polar surface area (TPSA) is 23.5 Å². The van der Waals surface area contributed by atoms with Crippen LogP contribution in [0.2, 0.25) is 0 Å². The minimum atomic E-state index is -0.131. The van der Waals surface area contributed by atoms with Gasteiger partial charge < -0.3 is 10.0 Å². The van der Waals surface area contributed by atoms with E-state index in [1.807, 2.05) is 6.92 Å². The zero-order valence-corrected chi connectivity index (χ0v) is 8.13. The summed E-state index contributed by atoms with van der Waals surface area (Å²) in [5, 5.41) is 9.13. The molecule has 0 aliphatic carbocycles. The highest BCUT2D eigenvalue weighted by molar-refractivity contribution is 4.64. The highest BCUT2D eigenvalue weighted by Gasteiger charge is 2.08. The third kappa shape index (κ3) is 4.07. The second-order valence-electron chi connectivity index (χ2n) is 3.89. The van der Waals surface area contributed by atoms with E-state index < -0.39 is 0 Å². The summed E-state index contributed by atoms with van der Waals surface area (Å²) in [7, 11) is 0. The van der Waals surface area contributed by atoms with E-state index in [4.69, 9.17) is 5.11 Å². The largest absolute Gasteiger partial charge is 0.393 e. The molecule has 1 aliphatic rings. The molecule has 0 spiro atoms. The van der Waals surface area contributed by atoms with E-state index in [2.05, 4.69) is 4.90 Å². The molecular weight excluding hydrogens is 150 g/mol. The minimum absolute atomic E-state index is 0.131. The van der Waals surface area contributed by atoms with Crippen LogP contribution in [0.4, 0.5) is 0 Å². The SMILES string of the molecule is CC(O)CCN1CCCCCC1. The van der Waals surface area contributed by atoms with E-state index in [9.17, 15) is 0 Å². The first-order valence-electron chi connectivity index (χ1n) is 5.19. The molecule has 12 heavy (non-hydrogen) atoms. The van der Waals surface area contributed by atoms with Gasteiger partial charge in [0, 0.05) is 6.54 Å². The van der Waals surface area contributed by atoms with Gasteiger partial charge in [-0.1, -0.05) is 12.8 Å². The van der Waals surface area contributed by atoms with Crippen LogP contribution in [0.1, 0.15) is 39.0 Å². The number of aliphatic hydroxyl groups excluding tert-OH is 1. The zero-order chi connectivity index (χ0) is 8.81. The van der Waals surface area contributed by atoms with Crippen LogP contribution < -0.4 is 0 Å². The van der Waals surface area contributed by atoms with Crippen LogP contribution in [0.25, 0.3) is 0 Å². The van der Waals surface area contributed by atoms with Crippen molar-refractivity contribution < 1.29 is 5.11 Å². The Labute approximate surface area is 75.6 Å². The van der Waals surface area contributed by atoms with Crippen molar-refractivity contribution in [1.82, 2.24) is 4.90 Å². The van der Waals surface area contributed by atoms with Gasteiger partial charge in [-0.25, -0.2) is 0 Å². The smallest absolute Gasteiger partial charge is 0.0524 e. The van der Waals surface area contributed by atoms with E-state index in [0.717, 1.165) is 13.0 Å². The van der Waals surface area contributed by atoms with Crippen LogP contribution in [-0.4, -0.2) is 35.7 Å². The van der Waals surface area contributed by atoms with Crippen molar-refractivity contribution >= 4 is 0 Å². The van der Waals surface area contributed by atoms with E-state index in [1.165, 1.54) is 38.8 Å². The Morgan fingerprint density at radius 3 is 2.25 bits per heavy atom.